The van der Waals surface area contributed by atoms with Crippen molar-refractivity contribution in [3.8, 4) is 0 Å². The van der Waals surface area contributed by atoms with E-state index in [9.17, 15) is 13.2 Å². The predicted octanol–water partition coefficient (Wildman–Crippen LogP) is 4.49. The Bertz CT molecular complexity index is 1130. The lowest BCUT2D eigenvalue weighted by Gasteiger charge is -2.34. The van der Waals surface area contributed by atoms with Gasteiger partial charge < -0.3 is 20.7 Å². The van der Waals surface area contributed by atoms with Crippen LogP contribution in [0.25, 0.3) is 11.2 Å². The van der Waals surface area contributed by atoms with Crippen molar-refractivity contribution in [3.63, 3.8) is 0 Å². The Kier molecular flexibility index (Phi) is 6.07. The smallest absolute Gasteiger partial charge is 0.381 e. The third kappa shape index (κ3) is 4.80. The van der Waals surface area contributed by atoms with Gasteiger partial charge in [-0.15, -0.1) is 0 Å². The maximum absolute atomic E-state index is 13.0. The van der Waals surface area contributed by atoms with Gasteiger partial charge in [0.25, 0.3) is 0 Å². The highest BCUT2D eigenvalue weighted by molar-refractivity contribution is 5.76. The number of halogens is 3. The van der Waals surface area contributed by atoms with Crippen molar-refractivity contribution in [1.29, 1.82) is 0 Å². The number of benzene rings is 1. The first-order chi connectivity index (χ1) is 16.3. The number of ether oxygens (including phenoxy) is 1. The van der Waals surface area contributed by atoms with Crippen LogP contribution in [-0.2, 0) is 10.9 Å². The number of rotatable bonds is 5. The van der Waals surface area contributed by atoms with Crippen LogP contribution in [0.1, 0.15) is 44.2 Å². The molecule has 0 radical (unpaired) electrons. The van der Waals surface area contributed by atoms with Crippen LogP contribution in [0.2, 0.25) is 0 Å². The van der Waals surface area contributed by atoms with Crippen LogP contribution >= 0.6 is 0 Å². The molecule has 0 amide bonds. The molecule has 2 aromatic heterocycles. The molecule has 0 unspecified atom stereocenters. The molecule has 0 atom stereocenters. The molecule has 5 rings (SSSR count). The first-order valence-electron chi connectivity index (χ1n) is 11.6. The van der Waals surface area contributed by atoms with Gasteiger partial charge in [0.05, 0.1) is 11.8 Å². The molecule has 3 aromatic rings. The average Bonchev–Trinajstić information content (AvgIpc) is 3.16. The zero-order chi connectivity index (χ0) is 23.8. The molecule has 2 fully saturated rings. The third-order valence-corrected chi connectivity index (χ3v) is 6.58. The molecule has 4 heterocycles. The average molecular weight is 476 g/mol. The monoisotopic (exact) mass is 475 g/mol. The van der Waals surface area contributed by atoms with E-state index in [1.165, 1.54) is 12.1 Å². The molecule has 11 heteroatoms. The van der Waals surface area contributed by atoms with Gasteiger partial charge in [0.15, 0.2) is 5.65 Å². The van der Waals surface area contributed by atoms with E-state index in [2.05, 4.69) is 32.4 Å². The minimum atomic E-state index is -4.37. The van der Waals surface area contributed by atoms with E-state index >= 15 is 0 Å². The predicted molar refractivity (Wildman–Crippen MR) is 123 cm³/mol. The molecule has 0 spiro atoms. The Balaban J connectivity index is 1.49. The van der Waals surface area contributed by atoms with E-state index < -0.39 is 11.7 Å². The zero-order valence-corrected chi connectivity index (χ0v) is 19.0. The van der Waals surface area contributed by atoms with Crippen molar-refractivity contribution in [2.45, 2.75) is 50.4 Å². The highest BCUT2D eigenvalue weighted by Gasteiger charge is 2.31. The summed E-state index contributed by atoms with van der Waals surface area (Å²) in [6, 6.07) is 5.12. The first kappa shape index (κ1) is 22.9. The van der Waals surface area contributed by atoms with Crippen LogP contribution in [0, 0.1) is 0 Å². The molecule has 2 aliphatic rings. The number of anilines is 3. The number of piperidine rings is 1. The molecule has 0 aliphatic carbocycles. The number of fused-ring (bicyclic) bond motifs is 1. The van der Waals surface area contributed by atoms with E-state index in [0.717, 1.165) is 50.9 Å². The Labute approximate surface area is 195 Å². The van der Waals surface area contributed by atoms with Crippen LogP contribution in [0.3, 0.4) is 0 Å². The van der Waals surface area contributed by atoms with Crippen LogP contribution in [0.15, 0.2) is 30.5 Å². The first-order valence-corrected chi connectivity index (χ1v) is 11.6. The SMILES string of the molecule is CC1(Nc2ncc3nc(Nc4ccc(C(F)(F)F)cc4)n(C4CCNCC4)c3n2)CCOCC1. The molecule has 8 nitrogen and oxygen atoms in total. The molecule has 3 N–H and O–H groups in total. The lowest BCUT2D eigenvalue weighted by Crippen LogP contribution is -2.41. The second-order valence-corrected chi connectivity index (χ2v) is 9.19. The molecule has 0 saturated carbocycles. The number of nitrogens with one attached hydrogen (secondary N) is 3. The zero-order valence-electron chi connectivity index (χ0n) is 19.0. The summed E-state index contributed by atoms with van der Waals surface area (Å²) < 4.78 is 46.4. The van der Waals surface area contributed by atoms with Crippen LogP contribution in [0.4, 0.5) is 30.8 Å². The minimum Gasteiger partial charge on any atom is -0.381 e. The third-order valence-electron chi connectivity index (χ3n) is 6.58. The van der Waals surface area contributed by atoms with Gasteiger partial charge in [-0.3, -0.25) is 4.57 Å². The highest BCUT2D eigenvalue weighted by Crippen LogP contribution is 2.33. The van der Waals surface area contributed by atoms with E-state index in [0.29, 0.717) is 42.0 Å². The highest BCUT2D eigenvalue weighted by atomic mass is 19.4. The van der Waals surface area contributed by atoms with E-state index in [1.54, 1.807) is 6.20 Å². The van der Waals surface area contributed by atoms with Gasteiger partial charge in [-0.2, -0.15) is 18.2 Å². The summed E-state index contributed by atoms with van der Waals surface area (Å²) in [4.78, 5) is 14.0. The molecule has 0 bridgehead atoms. The van der Waals surface area contributed by atoms with E-state index in [4.69, 9.17) is 14.7 Å². The number of imidazole rings is 1. The van der Waals surface area contributed by atoms with Crippen molar-refractivity contribution in [3.05, 3.63) is 36.0 Å². The maximum atomic E-state index is 13.0. The number of alkyl halides is 3. The van der Waals surface area contributed by atoms with Gasteiger partial charge in [0.2, 0.25) is 11.9 Å². The molecule has 2 saturated heterocycles. The van der Waals surface area contributed by atoms with Crippen LogP contribution in [-0.4, -0.2) is 51.4 Å². The Morgan fingerprint density at radius 2 is 1.79 bits per heavy atom. The van der Waals surface area contributed by atoms with Crippen molar-refractivity contribution in [2.75, 3.05) is 36.9 Å². The molecular formula is C23H28F3N7O. The van der Waals surface area contributed by atoms with E-state index in [1.807, 2.05) is 0 Å². The number of hydrogen-bond donors (Lipinski definition) is 3. The quantitative estimate of drug-likeness (QED) is 0.501. The Hall–Kier alpha value is -2.92. The second kappa shape index (κ2) is 9.03. The second-order valence-electron chi connectivity index (χ2n) is 9.19. The summed E-state index contributed by atoms with van der Waals surface area (Å²) >= 11 is 0. The Morgan fingerprint density at radius 1 is 1.09 bits per heavy atom. The largest absolute Gasteiger partial charge is 0.416 e. The Morgan fingerprint density at radius 3 is 2.47 bits per heavy atom. The van der Waals surface area contributed by atoms with Crippen molar-refractivity contribution in [2.24, 2.45) is 0 Å². The number of aromatic nitrogens is 4. The summed E-state index contributed by atoms with van der Waals surface area (Å²) in [7, 11) is 0. The standard InChI is InChI=1S/C23H28F3N7O/c1-22(8-12-34-13-9-22)32-20-28-14-18-19(31-20)33(17-6-10-27-11-7-17)21(30-18)29-16-4-2-15(3-5-16)23(24,25)26/h2-5,14,17,27H,6-13H2,1H3,(H,29,30)(H,28,31,32). The summed E-state index contributed by atoms with van der Waals surface area (Å²) in [6.07, 6.45) is 0.846. The van der Waals surface area contributed by atoms with Crippen molar-refractivity contribution < 1.29 is 17.9 Å². The van der Waals surface area contributed by atoms with Crippen LogP contribution < -0.4 is 16.0 Å². The van der Waals surface area contributed by atoms with Crippen molar-refractivity contribution >= 4 is 28.7 Å². The normalized spacial score (nSPS) is 19.3. The maximum Gasteiger partial charge on any atom is 0.416 e. The summed E-state index contributed by atoms with van der Waals surface area (Å²) in [5, 5.41) is 10.0. The number of nitrogens with zero attached hydrogens (tertiary/aromatic N) is 4. The van der Waals surface area contributed by atoms with E-state index in [-0.39, 0.29) is 11.6 Å². The van der Waals surface area contributed by atoms with Crippen molar-refractivity contribution in [1.82, 2.24) is 24.8 Å². The van der Waals surface area contributed by atoms with Gasteiger partial charge in [-0.1, -0.05) is 0 Å². The van der Waals surface area contributed by atoms with Gasteiger partial charge in [-0.25, -0.2) is 9.97 Å². The van der Waals surface area contributed by atoms with Gasteiger partial charge in [0, 0.05) is 30.5 Å². The minimum absolute atomic E-state index is 0.146. The molecule has 1 aromatic carbocycles. The summed E-state index contributed by atoms with van der Waals surface area (Å²) in [6.45, 7) is 5.28. The fourth-order valence-electron chi connectivity index (χ4n) is 4.54. The van der Waals surface area contributed by atoms with Gasteiger partial charge in [0.1, 0.15) is 5.52 Å². The van der Waals surface area contributed by atoms with Gasteiger partial charge in [-0.05, 0) is 70.0 Å². The molecule has 182 valence electrons. The molecule has 34 heavy (non-hydrogen) atoms. The fourth-order valence-corrected chi connectivity index (χ4v) is 4.54. The summed E-state index contributed by atoms with van der Waals surface area (Å²) in [5.74, 6) is 1.08. The lowest BCUT2D eigenvalue weighted by atomic mass is 9.93. The lowest BCUT2D eigenvalue weighted by molar-refractivity contribution is -0.137. The molecule has 2 aliphatic heterocycles. The number of hydrogen-bond acceptors (Lipinski definition) is 7. The van der Waals surface area contributed by atoms with Crippen LogP contribution in [0.5, 0.6) is 0 Å². The molecular weight excluding hydrogens is 447 g/mol. The van der Waals surface area contributed by atoms with Gasteiger partial charge >= 0.3 is 6.18 Å². The summed E-state index contributed by atoms with van der Waals surface area (Å²) in [5.41, 5.74) is 1.03. The fraction of sp³-hybridized carbons (Fsp3) is 0.522. The topological polar surface area (TPSA) is 88.9 Å².